The van der Waals surface area contributed by atoms with Gasteiger partial charge in [0.2, 0.25) is 5.89 Å². The highest BCUT2D eigenvalue weighted by atomic mass is 19.1. The molecule has 3 N–H and O–H groups in total. The first kappa shape index (κ1) is 12.0. The van der Waals surface area contributed by atoms with E-state index in [-0.39, 0.29) is 11.3 Å². The monoisotopic (exact) mass is 250 g/mol. The van der Waals surface area contributed by atoms with E-state index >= 15 is 0 Å². The lowest BCUT2D eigenvalue weighted by Crippen LogP contribution is -2.26. The van der Waals surface area contributed by atoms with E-state index < -0.39 is 11.7 Å². The molecule has 1 aromatic heterocycles. The van der Waals surface area contributed by atoms with Crippen LogP contribution in [0.5, 0.6) is 0 Å². The maximum atomic E-state index is 13.1. The van der Waals surface area contributed by atoms with Gasteiger partial charge in [-0.2, -0.15) is 4.98 Å². The van der Waals surface area contributed by atoms with Crippen LogP contribution in [0.1, 0.15) is 16.2 Å². The van der Waals surface area contributed by atoms with E-state index in [9.17, 15) is 9.18 Å². The SMILES string of the molecule is Nc1c(F)cccc1C(=O)NCCc1ncno1. The van der Waals surface area contributed by atoms with Gasteiger partial charge < -0.3 is 15.6 Å². The predicted molar refractivity (Wildman–Crippen MR) is 61.1 cm³/mol. The number of carbonyl (C=O) groups is 1. The summed E-state index contributed by atoms with van der Waals surface area (Å²) in [4.78, 5) is 15.5. The zero-order valence-corrected chi connectivity index (χ0v) is 9.39. The van der Waals surface area contributed by atoms with E-state index in [0.29, 0.717) is 18.9 Å². The van der Waals surface area contributed by atoms with Crippen LogP contribution in [0.4, 0.5) is 10.1 Å². The Morgan fingerprint density at radius 1 is 1.50 bits per heavy atom. The number of hydrogen-bond acceptors (Lipinski definition) is 5. The van der Waals surface area contributed by atoms with Crippen LogP contribution in [0, 0.1) is 5.82 Å². The molecule has 1 heterocycles. The van der Waals surface area contributed by atoms with Crippen molar-refractivity contribution in [2.75, 3.05) is 12.3 Å². The zero-order valence-electron chi connectivity index (χ0n) is 9.39. The van der Waals surface area contributed by atoms with Crippen molar-refractivity contribution in [2.45, 2.75) is 6.42 Å². The van der Waals surface area contributed by atoms with Crippen molar-refractivity contribution in [3.05, 3.63) is 41.8 Å². The number of carbonyl (C=O) groups excluding carboxylic acids is 1. The number of hydrogen-bond donors (Lipinski definition) is 2. The normalized spacial score (nSPS) is 10.3. The molecule has 0 saturated heterocycles. The van der Waals surface area contributed by atoms with Gasteiger partial charge in [0.15, 0.2) is 6.33 Å². The highest BCUT2D eigenvalue weighted by Crippen LogP contribution is 2.15. The van der Waals surface area contributed by atoms with Crippen molar-refractivity contribution in [1.82, 2.24) is 15.5 Å². The van der Waals surface area contributed by atoms with Crippen molar-refractivity contribution in [1.29, 1.82) is 0 Å². The molecule has 0 saturated carbocycles. The van der Waals surface area contributed by atoms with Crippen LogP contribution in [0.25, 0.3) is 0 Å². The maximum Gasteiger partial charge on any atom is 0.253 e. The smallest absolute Gasteiger partial charge is 0.253 e. The number of nitrogens with one attached hydrogen (secondary N) is 1. The van der Waals surface area contributed by atoms with Gasteiger partial charge in [-0.15, -0.1) is 0 Å². The third-order valence-corrected chi connectivity index (χ3v) is 2.33. The van der Waals surface area contributed by atoms with Crippen LogP contribution in [-0.2, 0) is 6.42 Å². The molecule has 1 amide bonds. The average molecular weight is 250 g/mol. The van der Waals surface area contributed by atoms with Crippen LogP contribution in [0.3, 0.4) is 0 Å². The molecule has 2 rings (SSSR count). The Morgan fingerprint density at radius 2 is 2.33 bits per heavy atom. The molecule has 1 aromatic carbocycles. The molecule has 18 heavy (non-hydrogen) atoms. The van der Waals surface area contributed by atoms with Crippen molar-refractivity contribution < 1.29 is 13.7 Å². The number of nitrogens with zero attached hydrogens (tertiary/aromatic N) is 2. The van der Waals surface area contributed by atoms with E-state index in [1.165, 1.54) is 24.5 Å². The minimum atomic E-state index is -0.612. The number of nitrogen functional groups attached to an aromatic ring is 1. The van der Waals surface area contributed by atoms with Crippen molar-refractivity contribution in [3.8, 4) is 0 Å². The molecule has 0 radical (unpaired) electrons. The Balaban J connectivity index is 1.93. The van der Waals surface area contributed by atoms with Gasteiger partial charge in [0.25, 0.3) is 5.91 Å². The molecule has 6 nitrogen and oxygen atoms in total. The Hall–Kier alpha value is -2.44. The van der Waals surface area contributed by atoms with E-state index in [2.05, 4.69) is 15.5 Å². The third-order valence-electron chi connectivity index (χ3n) is 2.33. The van der Waals surface area contributed by atoms with Crippen LogP contribution in [0.2, 0.25) is 0 Å². The number of rotatable bonds is 4. The second-order valence-corrected chi connectivity index (χ2v) is 3.54. The van der Waals surface area contributed by atoms with E-state index in [1.54, 1.807) is 0 Å². The molecule has 0 aliphatic heterocycles. The maximum absolute atomic E-state index is 13.1. The van der Waals surface area contributed by atoms with Crippen molar-refractivity contribution >= 4 is 11.6 Å². The number of anilines is 1. The van der Waals surface area contributed by atoms with Gasteiger partial charge in [0, 0.05) is 13.0 Å². The molecular weight excluding hydrogens is 239 g/mol. The minimum absolute atomic E-state index is 0.112. The van der Waals surface area contributed by atoms with Gasteiger partial charge >= 0.3 is 0 Å². The van der Waals surface area contributed by atoms with Crippen LogP contribution in [0.15, 0.2) is 29.0 Å². The summed E-state index contributed by atoms with van der Waals surface area (Å²) < 4.78 is 17.9. The lowest BCUT2D eigenvalue weighted by atomic mass is 10.1. The summed E-state index contributed by atoms with van der Waals surface area (Å²) in [6.45, 7) is 0.303. The molecule has 0 unspecified atom stereocenters. The molecule has 0 fully saturated rings. The molecule has 94 valence electrons. The predicted octanol–water partition coefficient (Wildman–Crippen LogP) is 0.763. The van der Waals surface area contributed by atoms with Crippen LogP contribution >= 0.6 is 0 Å². The topological polar surface area (TPSA) is 94.0 Å². The zero-order chi connectivity index (χ0) is 13.0. The van der Waals surface area contributed by atoms with Crippen molar-refractivity contribution in [2.24, 2.45) is 0 Å². The summed E-state index contributed by atoms with van der Waals surface area (Å²) in [7, 11) is 0. The molecule has 0 bridgehead atoms. The first-order chi connectivity index (χ1) is 8.68. The summed E-state index contributed by atoms with van der Waals surface area (Å²) in [5, 5.41) is 6.03. The van der Waals surface area contributed by atoms with Crippen LogP contribution in [-0.4, -0.2) is 22.6 Å². The van der Waals surface area contributed by atoms with Gasteiger partial charge in [-0.05, 0) is 12.1 Å². The fourth-order valence-electron chi connectivity index (χ4n) is 1.42. The summed E-state index contributed by atoms with van der Waals surface area (Å²) in [6.07, 6.45) is 1.68. The second-order valence-electron chi connectivity index (χ2n) is 3.54. The highest BCUT2D eigenvalue weighted by molar-refractivity contribution is 5.99. The number of aromatic nitrogens is 2. The minimum Gasteiger partial charge on any atom is -0.396 e. The number of benzene rings is 1. The van der Waals surface area contributed by atoms with E-state index in [0.717, 1.165) is 0 Å². The quantitative estimate of drug-likeness (QED) is 0.781. The van der Waals surface area contributed by atoms with Gasteiger partial charge in [0.1, 0.15) is 5.82 Å². The number of halogens is 1. The van der Waals surface area contributed by atoms with Crippen LogP contribution < -0.4 is 11.1 Å². The summed E-state index contributed by atoms with van der Waals surface area (Å²) >= 11 is 0. The fraction of sp³-hybridized carbons (Fsp3) is 0.182. The fourth-order valence-corrected chi connectivity index (χ4v) is 1.42. The number of nitrogens with two attached hydrogens (primary N) is 1. The summed E-state index contributed by atoms with van der Waals surface area (Å²) in [5.74, 6) is -0.631. The first-order valence-corrected chi connectivity index (χ1v) is 5.26. The third kappa shape index (κ3) is 2.62. The highest BCUT2D eigenvalue weighted by Gasteiger charge is 2.12. The first-order valence-electron chi connectivity index (χ1n) is 5.26. The molecule has 0 atom stereocenters. The number of para-hydroxylation sites is 1. The van der Waals surface area contributed by atoms with Gasteiger partial charge in [0.05, 0.1) is 11.3 Å². The summed E-state index contributed by atoms with van der Waals surface area (Å²) in [5.41, 5.74) is 5.43. The summed E-state index contributed by atoms with van der Waals surface area (Å²) in [6, 6.07) is 4.09. The van der Waals surface area contributed by atoms with Gasteiger partial charge in [-0.1, -0.05) is 11.2 Å². The molecule has 0 aliphatic rings. The molecular formula is C11H11FN4O2. The Kier molecular flexibility index (Phi) is 3.52. The van der Waals surface area contributed by atoms with Crippen molar-refractivity contribution in [3.63, 3.8) is 0 Å². The average Bonchev–Trinajstić information content (AvgIpc) is 2.85. The largest absolute Gasteiger partial charge is 0.396 e. The Morgan fingerprint density at radius 3 is 3.06 bits per heavy atom. The van der Waals surface area contributed by atoms with Gasteiger partial charge in [-0.3, -0.25) is 4.79 Å². The Bertz CT molecular complexity index is 542. The molecule has 2 aromatic rings. The van der Waals surface area contributed by atoms with E-state index in [1.807, 2.05) is 0 Å². The lowest BCUT2D eigenvalue weighted by Gasteiger charge is -2.06. The second kappa shape index (κ2) is 5.26. The van der Waals surface area contributed by atoms with E-state index in [4.69, 9.17) is 10.3 Å². The molecule has 7 heteroatoms. The standard InChI is InChI=1S/C11H11FN4O2/c12-8-3-1-2-7(10(8)13)11(17)14-5-4-9-15-6-16-18-9/h1-3,6H,4-5,13H2,(H,14,17). The Labute approximate surface area is 102 Å². The molecule has 0 spiro atoms. The van der Waals surface area contributed by atoms with Gasteiger partial charge in [-0.25, -0.2) is 4.39 Å². The molecule has 0 aliphatic carbocycles. The number of amides is 1. The lowest BCUT2D eigenvalue weighted by molar-refractivity contribution is 0.0954.